The molecule has 4 nitrogen and oxygen atoms in total. The van der Waals surface area contributed by atoms with Gasteiger partial charge in [-0.2, -0.15) is 4.57 Å². The van der Waals surface area contributed by atoms with Crippen LogP contribution < -0.4 is 9.88 Å². The molecule has 0 saturated heterocycles. The molecule has 1 amide bonds. The molecule has 0 aliphatic heterocycles. The zero-order valence-electron chi connectivity index (χ0n) is 10.4. The smallest absolute Gasteiger partial charge is 0.290 e. The fourth-order valence-corrected chi connectivity index (χ4v) is 1.97. The van der Waals surface area contributed by atoms with E-state index in [0.717, 1.165) is 5.56 Å². The second-order valence-corrected chi connectivity index (χ2v) is 4.67. The molecule has 0 aliphatic rings. The van der Waals surface area contributed by atoms with Crippen LogP contribution in [0.1, 0.15) is 5.56 Å². The Morgan fingerprint density at radius 3 is 2.89 bits per heavy atom. The topological polar surface area (TPSA) is 53.2 Å². The molecule has 19 heavy (non-hydrogen) atoms. The van der Waals surface area contributed by atoms with E-state index in [9.17, 15) is 9.90 Å². The normalized spacial score (nSPS) is 10.2. The molecule has 0 bridgehead atoms. The van der Waals surface area contributed by atoms with Crippen LogP contribution in [0.3, 0.4) is 0 Å². The summed E-state index contributed by atoms with van der Waals surface area (Å²) in [6, 6.07) is 8.65. The van der Waals surface area contributed by atoms with E-state index >= 15 is 0 Å². The Kier molecular flexibility index (Phi) is 4.02. The lowest BCUT2D eigenvalue weighted by Gasteiger charge is -2.06. The Hall–Kier alpha value is -2.07. The third-order valence-electron chi connectivity index (χ3n) is 2.57. The summed E-state index contributed by atoms with van der Waals surface area (Å²) in [4.78, 5) is 11.9. The minimum absolute atomic E-state index is 0.110. The highest BCUT2D eigenvalue weighted by molar-refractivity contribution is 6.33. The summed E-state index contributed by atoms with van der Waals surface area (Å²) in [7, 11) is 0. The monoisotopic (exact) mass is 277 g/mol. The third kappa shape index (κ3) is 3.69. The molecular weight excluding hydrogens is 264 g/mol. The van der Waals surface area contributed by atoms with E-state index in [4.69, 9.17) is 11.6 Å². The SMILES string of the molecule is Cc1ccc(NC(=O)C[n+]2cccc(O)c2)c(Cl)c1. The second-order valence-electron chi connectivity index (χ2n) is 4.27. The van der Waals surface area contributed by atoms with Crippen molar-refractivity contribution >= 4 is 23.2 Å². The number of carbonyl (C=O) groups is 1. The van der Waals surface area contributed by atoms with Gasteiger partial charge in [0.2, 0.25) is 12.7 Å². The number of carbonyl (C=O) groups excluding carboxylic acids is 1. The summed E-state index contributed by atoms with van der Waals surface area (Å²) < 4.78 is 1.59. The quantitative estimate of drug-likeness (QED) is 0.846. The number of rotatable bonds is 3. The van der Waals surface area contributed by atoms with Crippen LogP contribution in [0.25, 0.3) is 0 Å². The van der Waals surface area contributed by atoms with Crippen molar-refractivity contribution in [3.63, 3.8) is 0 Å². The zero-order chi connectivity index (χ0) is 13.8. The van der Waals surface area contributed by atoms with Gasteiger partial charge in [-0.05, 0) is 30.7 Å². The van der Waals surface area contributed by atoms with E-state index < -0.39 is 0 Å². The lowest BCUT2D eigenvalue weighted by atomic mass is 10.2. The number of hydrogen-bond acceptors (Lipinski definition) is 2. The van der Waals surface area contributed by atoms with Crippen molar-refractivity contribution in [2.75, 3.05) is 5.32 Å². The van der Waals surface area contributed by atoms with Gasteiger partial charge in [0.05, 0.1) is 10.7 Å². The number of nitrogens with one attached hydrogen (secondary N) is 1. The minimum Gasteiger partial charge on any atom is -0.503 e. The van der Waals surface area contributed by atoms with E-state index in [2.05, 4.69) is 5.32 Å². The van der Waals surface area contributed by atoms with Gasteiger partial charge in [0.25, 0.3) is 5.91 Å². The highest BCUT2D eigenvalue weighted by atomic mass is 35.5. The molecule has 1 aromatic heterocycles. The predicted octanol–water partition coefficient (Wildman–Crippen LogP) is 2.28. The van der Waals surface area contributed by atoms with Gasteiger partial charge in [-0.1, -0.05) is 17.7 Å². The largest absolute Gasteiger partial charge is 0.503 e. The van der Waals surface area contributed by atoms with Crippen LogP contribution in [0.15, 0.2) is 42.7 Å². The maximum atomic E-state index is 11.9. The first-order valence-corrected chi connectivity index (χ1v) is 6.16. The third-order valence-corrected chi connectivity index (χ3v) is 2.88. The molecule has 0 atom stereocenters. The summed E-state index contributed by atoms with van der Waals surface area (Å²) in [5.41, 5.74) is 1.61. The Morgan fingerprint density at radius 1 is 1.42 bits per heavy atom. The molecule has 0 aliphatic carbocycles. The van der Waals surface area contributed by atoms with Crippen molar-refractivity contribution in [1.29, 1.82) is 0 Å². The Bertz CT molecular complexity index is 614. The lowest BCUT2D eigenvalue weighted by Crippen LogP contribution is -2.39. The van der Waals surface area contributed by atoms with Gasteiger partial charge >= 0.3 is 0 Å². The van der Waals surface area contributed by atoms with Gasteiger partial charge in [-0.25, -0.2) is 0 Å². The molecule has 2 N–H and O–H groups in total. The molecule has 5 heteroatoms. The van der Waals surface area contributed by atoms with Gasteiger partial charge in [-0.15, -0.1) is 0 Å². The van der Waals surface area contributed by atoms with Gasteiger partial charge in [-0.3, -0.25) is 4.79 Å². The molecule has 2 rings (SSSR count). The summed E-state index contributed by atoms with van der Waals surface area (Å²) in [5, 5.41) is 12.6. The van der Waals surface area contributed by atoms with Crippen LogP contribution in [-0.4, -0.2) is 11.0 Å². The Morgan fingerprint density at radius 2 is 2.21 bits per heavy atom. The first-order chi connectivity index (χ1) is 9.04. The van der Waals surface area contributed by atoms with E-state index in [1.807, 2.05) is 13.0 Å². The van der Waals surface area contributed by atoms with Gasteiger partial charge < -0.3 is 10.4 Å². The zero-order valence-corrected chi connectivity index (χ0v) is 11.2. The van der Waals surface area contributed by atoms with Crippen LogP contribution in [-0.2, 0) is 11.3 Å². The lowest BCUT2D eigenvalue weighted by molar-refractivity contribution is -0.684. The number of nitrogens with zero attached hydrogens (tertiary/aromatic N) is 1. The number of hydrogen-bond donors (Lipinski definition) is 2. The second kappa shape index (κ2) is 5.71. The molecule has 1 heterocycles. The fourth-order valence-electron chi connectivity index (χ4n) is 1.68. The van der Waals surface area contributed by atoms with Crippen molar-refractivity contribution in [2.24, 2.45) is 0 Å². The van der Waals surface area contributed by atoms with E-state index in [1.165, 1.54) is 6.20 Å². The van der Waals surface area contributed by atoms with E-state index in [-0.39, 0.29) is 18.2 Å². The van der Waals surface area contributed by atoms with Gasteiger partial charge in [0.15, 0.2) is 11.9 Å². The van der Waals surface area contributed by atoms with Crippen molar-refractivity contribution in [2.45, 2.75) is 13.5 Å². The standard InChI is InChI=1S/C14H13ClN2O2/c1-10-4-5-13(12(15)7-10)16-14(19)9-17-6-2-3-11(18)8-17/h2-8H,9H2,1H3,(H-,16,18,19)/p+1. The van der Waals surface area contributed by atoms with Crippen LogP contribution in [0.4, 0.5) is 5.69 Å². The maximum Gasteiger partial charge on any atom is 0.290 e. The number of aromatic hydroxyl groups is 1. The van der Waals surface area contributed by atoms with Crippen molar-refractivity contribution in [1.82, 2.24) is 0 Å². The molecular formula is C14H14ClN2O2+. The van der Waals surface area contributed by atoms with Crippen LogP contribution in [0.2, 0.25) is 5.02 Å². The molecule has 0 radical (unpaired) electrons. The number of aryl methyl sites for hydroxylation is 1. The first kappa shape index (κ1) is 13.4. The van der Waals surface area contributed by atoms with Crippen LogP contribution >= 0.6 is 11.6 Å². The summed E-state index contributed by atoms with van der Waals surface area (Å²) in [6.45, 7) is 2.04. The molecule has 1 aromatic carbocycles. The number of halogens is 1. The molecule has 0 fully saturated rings. The predicted molar refractivity (Wildman–Crippen MR) is 73.1 cm³/mol. The van der Waals surface area contributed by atoms with Crippen molar-refractivity contribution in [3.8, 4) is 5.75 Å². The number of anilines is 1. The fraction of sp³-hybridized carbons (Fsp3) is 0.143. The van der Waals surface area contributed by atoms with Gasteiger partial charge in [0, 0.05) is 6.07 Å². The van der Waals surface area contributed by atoms with E-state index in [1.54, 1.807) is 35.0 Å². The molecule has 98 valence electrons. The van der Waals surface area contributed by atoms with E-state index in [0.29, 0.717) is 10.7 Å². The Labute approximate surface area is 116 Å². The highest BCUT2D eigenvalue weighted by Crippen LogP contribution is 2.22. The summed E-state index contributed by atoms with van der Waals surface area (Å²) in [6.07, 6.45) is 3.19. The molecule has 2 aromatic rings. The number of amides is 1. The average molecular weight is 278 g/mol. The number of pyridine rings is 1. The first-order valence-electron chi connectivity index (χ1n) is 5.78. The average Bonchev–Trinajstić information content (AvgIpc) is 2.33. The summed E-state index contributed by atoms with van der Waals surface area (Å²) in [5.74, 6) is -0.0926. The number of benzene rings is 1. The van der Waals surface area contributed by atoms with Gasteiger partial charge in [0.1, 0.15) is 0 Å². The highest BCUT2D eigenvalue weighted by Gasteiger charge is 2.11. The van der Waals surface area contributed by atoms with Crippen molar-refractivity contribution < 1.29 is 14.5 Å². The van der Waals surface area contributed by atoms with Crippen LogP contribution in [0, 0.1) is 6.92 Å². The van der Waals surface area contributed by atoms with Crippen molar-refractivity contribution in [3.05, 3.63) is 53.3 Å². The minimum atomic E-state index is -0.207. The molecule has 0 spiro atoms. The molecule has 0 saturated carbocycles. The van der Waals surface area contributed by atoms with Crippen LogP contribution in [0.5, 0.6) is 5.75 Å². The number of aromatic nitrogens is 1. The molecule has 0 unspecified atom stereocenters. The maximum absolute atomic E-state index is 11.9. The summed E-state index contributed by atoms with van der Waals surface area (Å²) >= 11 is 6.04. The Balaban J connectivity index is 2.05.